The monoisotopic (exact) mass is 722 g/mol. The average molecular weight is 723 g/mol. The molecule has 0 heterocycles. The fraction of sp³-hybridized carbons (Fsp3) is 0.636. The third-order valence-corrected chi connectivity index (χ3v) is 9.07. The summed E-state index contributed by atoms with van der Waals surface area (Å²) in [7, 11) is 0. The van der Waals surface area contributed by atoms with E-state index in [1.165, 1.54) is 127 Å². The lowest BCUT2D eigenvalue weighted by molar-refractivity contribution is -0.136. The first-order chi connectivity index (χ1) is 25.4. The van der Waals surface area contributed by atoms with Gasteiger partial charge in [-0.1, -0.05) is 129 Å². The zero-order valence-electron chi connectivity index (χ0n) is 32.3. The van der Waals surface area contributed by atoms with Gasteiger partial charge in [-0.3, -0.25) is 19.2 Å². The molecular weight excluding hydrogens is 656 g/mol. The molecule has 0 aliphatic carbocycles. The van der Waals surface area contributed by atoms with Crippen molar-refractivity contribution in [3.05, 3.63) is 69.0 Å². The van der Waals surface area contributed by atoms with Crippen molar-refractivity contribution in [2.24, 2.45) is 0 Å². The predicted molar refractivity (Wildman–Crippen MR) is 210 cm³/mol. The largest absolute Gasteiger partial charge is 0.494 e. The lowest BCUT2D eigenvalue weighted by Gasteiger charge is -2.05. The maximum Gasteiger partial charge on any atom is 0.311 e. The van der Waals surface area contributed by atoms with E-state index in [-0.39, 0.29) is 24.3 Å². The second kappa shape index (κ2) is 29.9. The van der Waals surface area contributed by atoms with E-state index in [1.54, 1.807) is 24.3 Å². The molecule has 0 spiro atoms. The first kappa shape index (κ1) is 44.5. The molecule has 8 heteroatoms. The predicted octanol–water partition coefficient (Wildman–Crippen LogP) is 11.1. The number of hydrogen-bond acceptors (Lipinski definition) is 8. The molecule has 2 aromatic rings. The van der Waals surface area contributed by atoms with Crippen molar-refractivity contribution in [2.45, 2.75) is 168 Å². The van der Waals surface area contributed by atoms with Crippen LogP contribution in [0.15, 0.2) is 58.1 Å². The lowest BCUT2D eigenvalue weighted by atomic mass is 10.1. The Morgan fingerprint density at radius 3 is 1.06 bits per heavy atom. The van der Waals surface area contributed by atoms with Gasteiger partial charge in [-0.2, -0.15) is 0 Å². The molecule has 0 fully saturated rings. The Bertz CT molecular complexity index is 1270. The zero-order valence-corrected chi connectivity index (χ0v) is 32.3. The van der Waals surface area contributed by atoms with Crippen LogP contribution in [0.1, 0.15) is 168 Å². The molecule has 290 valence electrons. The second-order valence-corrected chi connectivity index (χ2v) is 13.8. The fourth-order valence-corrected chi connectivity index (χ4v) is 5.88. The van der Waals surface area contributed by atoms with Gasteiger partial charge in [0.1, 0.15) is 11.5 Å². The van der Waals surface area contributed by atoms with E-state index in [0.717, 1.165) is 25.7 Å². The van der Waals surface area contributed by atoms with Crippen LogP contribution >= 0.6 is 0 Å². The molecule has 0 aliphatic heterocycles. The molecule has 0 amide bonds. The maximum absolute atomic E-state index is 12.4. The highest BCUT2D eigenvalue weighted by atomic mass is 16.5. The van der Waals surface area contributed by atoms with E-state index >= 15 is 0 Å². The number of unbranched alkanes of at least 4 members (excludes halogenated alkanes) is 19. The molecule has 0 N–H and O–H groups in total. The number of ether oxygens (including phenoxy) is 4. The summed E-state index contributed by atoms with van der Waals surface area (Å²) < 4.78 is 22.2. The van der Waals surface area contributed by atoms with Gasteiger partial charge in [-0.15, -0.1) is 0 Å². The second-order valence-electron chi connectivity index (χ2n) is 13.8. The van der Waals surface area contributed by atoms with Crippen LogP contribution in [-0.4, -0.2) is 25.2 Å². The average Bonchev–Trinajstić information content (AvgIpc) is 3.42. The van der Waals surface area contributed by atoms with Gasteiger partial charge >= 0.3 is 11.9 Å². The minimum atomic E-state index is -0.563. The summed E-state index contributed by atoms with van der Waals surface area (Å²) in [5, 5.41) is 0. The Kier molecular flexibility index (Phi) is 25.5. The maximum atomic E-state index is 12.4. The van der Waals surface area contributed by atoms with Gasteiger partial charge in [0.15, 0.2) is 11.5 Å². The van der Waals surface area contributed by atoms with Crippen molar-refractivity contribution in [2.75, 3.05) is 13.2 Å². The standard InChI is InChI=1S/C44H66O8/c1-3-5-7-9-11-13-15-17-19-23-35-49-37-27-31-39(45)41(33-29-37)51-43(47)25-21-22-26-44(48)52-42-34-30-38(28-32-40(42)46)50-36-24-20-18-16-14-12-10-8-6-4-2/h27-34H,3-26,35-36H2,1-2H3. The third-order valence-electron chi connectivity index (χ3n) is 9.07. The van der Waals surface area contributed by atoms with Crippen molar-refractivity contribution >= 4 is 11.9 Å². The molecule has 0 saturated heterocycles. The van der Waals surface area contributed by atoms with Crippen molar-refractivity contribution in [1.29, 1.82) is 0 Å². The van der Waals surface area contributed by atoms with Crippen LogP contribution < -0.4 is 29.8 Å². The molecule has 8 nitrogen and oxygen atoms in total. The fourth-order valence-electron chi connectivity index (χ4n) is 5.88. The highest BCUT2D eigenvalue weighted by Gasteiger charge is 2.11. The Morgan fingerprint density at radius 2 is 0.712 bits per heavy atom. The normalized spacial score (nSPS) is 10.9. The highest BCUT2D eigenvalue weighted by molar-refractivity contribution is 5.73. The third kappa shape index (κ3) is 22.3. The van der Waals surface area contributed by atoms with Gasteiger partial charge in [0.2, 0.25) is 10.9 Å². The summed E-state index contributed by atoms with van der Waals surface area (Å²) >= 11 is 0. The molecule has 0 atom stereocenters. The van der Waals surface area contributed by atoms with Crippen LogP contribution in [0.25, 0.3) is 0 Å². The molecular formula is C44H66O8. The summed E-state index contributed by atoms with van der Waals surface area (Å²) in [4.78, 5) is 49.7. The van der Waals surface area contributed by atoms with Crippen LogP contribution in [0.4, 0.5) is 0 Å². The topological polar surface area (TPSA) is 105 Å². The Labute approximate surface area is 313 Å². The van der Waals surface area contributed by atoms with Gasteiger partial charge in [-0.25, -0.2) is 0 Å². The van der Waals surface area contributed by atoms with Crippen molar-refractivity contribution in [3.63, 3.8) is 0 Å². The number of rotatable bonds is 31. The highest BCUT2D eigenvalue weighted by Crippen LogP contribution is 2.17. The van der Waals surface area contributed by atoms with Gasteiger partial charge < -0.3 is 18.9 Å². The number of esters is 2. The molecule has 0 aromatic heterocycles. The van der Waals surface area contributed by atoms with Crippen LogP contribution in [0.5, 0.6) is 23.0 Å². The van der Waals surface area contributed by atoms with Crippen molar-refractivity contribution in [3.8, 4) is 23.0 Å². The quantitative estimate of drug-likeness (QED) is 0.0559. The number of hydrogen-bond donors (Lipinski definition) is 0. The molecule has 0 unspecified atom stereocenters. The first-order valence-corrected chi connectivity index (χ1v) is 20.4. The molecule has 0 radical (unpaired) electrons. The van der Waals surface area contributed by atoms with E-state index in [9.17, 15) is 19.2 Å². The van der Waals surface area contributed by atoms with Gasteiger partial charge in [0.05, 0.1) is 13.2 Å². The van der Waals surface area contributed by atoms with Gasteiger partial charge in [0, 0.05) is 12.8 Å². The minimum Gasteiger partial charge on any atom is -0.494 e. The Balaban J connectivity index is 1.60. The minimum absolute atomic E-state index is 0.0280. The van der Waals surface area contributed by atoms with E-state index in [4.69, 9.17) is 18.9 Å². The van der Waals surface area contributed by atoms with E-state index in [0.29, 0.717) is 37.6 Å². The van der Waals surface area contributed by atoms with E-state index in [2.05, 4.69) is 13.8 Å². The van der Waals surface area contributed by atoms with Crippen LogP contribution in [0.3, 0.4) is 0 Å². The van der Waals surface area contributed by atoms with E-state index in [1.807, 2.05) is 0 Å². The summed E-state index contributed by atoms with van der Waals surface area (Å²) in [6.07, 6.45) is 25.7. The molecule has 2 rings (SSSR count). The lowest BCUT2D eigenvalue weighted by Crippen LogP contribution is -2.14. The molecule has 52 heavy (non-hydrogen) atoms. The summed E-state index contributed by atoms with van der Waals surface area (Å²) in [5.74, 6) is -0.154. The van der Waals surface area contributed by atoms with Gasteiger partial charge in [0.25, 0.3) is 0 Å². The first-order valence-electron chi connectivity index (χ1n) is 20.4. The molecule has 2 aromatic carbocycles. The van der Waals surface area contributed by atoms with Crippen LogP contribution in [-0.2, 0) is 9.59 Å². The van der Waals surface area contributed by atoms with E-state index < -0.39 is 22.8 Å². The van der Waals surface area contributed by atoms with Gasteiger partial charge in [-0.05, 0) is 74.2 Å². The van der Waals surface area contributed by atoms with Crippen LogP contribution in [0, 0.1) is 0 Å². The SMILES string of the molecule is CCCCCCCCCCCCOc1ccc(OC(=O)CCCCC(=O)Oc2ccc(OCCCCCCCCCCCC)ccc2=O)c(=O)cc1. The summed E-state index contributed by atoms with van der Waals surface area (Å²) in [5.41, 5.74) is -0.829. The Morgan fingerprint density at radius 1 is 0.404 bits per heavy atom. The summed E-state index contributed by atoms with van der Waals surface area (Å²) in [6.45, 7) is 5.62. The zero-order chi connectivity index (χ0) is 37.5. The Hall–Kier alpha value is -3.68. The molecule has 0 saturated carbocycles. The molecule has 0 aliphatic rings. The molecule has 0 bridgehead atoms. The van der Waals surface area contributed by atoms with Crippen molar-refractivity contribution < 1.29 is 28.5 Å². The smallest absolute Gasteiger partial charge is 0.311 e. The van der Waals surface area contributed by atoms with Crippen molar-refractivity contribution in [1.82, 2.24) is 0 Å². The van der Waals surface area contributed by atoms with Crippen LogP contribution in [0.2, 0.25) is 0 Å². The number of carbonyl (C=O) groups excluding carboxylic acids is 2. The number of carbonyl (C=O) groups is 2. The summed E-state index contributed by atoms with van der Waals surface area (Å²) in [6, 6.07) is 12.1.